The molecule has 0 saturated carbocycles. The fraction of sp³-hybridized carbons (Fsp3) is 0.830. The number of carbonyl (C=O) groups is 3. The minimum Gasteiger partial charge on any atom is -0.477 e. The van der Waals surface area contributed by atoms with Crippen molar-refractivity contribution in [3.05, 3.63) is 72.9 Å². The Hall–Kier alpha value is -3.27. The fourth-order valence-electron chi connectivity index (χ4n) is 12.6. The van der Waals surface area contributed by atoms with Crippen LogP contribution in [-0.2, 0) is 33.3 Å². The number of nitrogens with zero attached hydrogens (tertiary/aromatic N) is 1. The number of carbonyl (C=O) groups excluding carboxylic acids is 2. The van der Waals surface area contributed by atoms with E-state index in [0.717, 1.165) is 70.6 Å². The molecule has 566 valence electrons. The van der Waals surface area contributed by atoms with Crippen molar-refractivity contribution in [2.45, 2.75) is 424 Å². The minimum absolute atomic E-state index is 0.177. The van der Waals surface area contributed by atoms with Crippen LogP contribution in [0.2, 0.25) is 0 Å². The molecule has 0 bridgehead atoms. The maximum Gasteiger partial charge on any atom is 0.361 e. The highest BCUT2D eigenvalue weighted by atomic mass is 16.7. The van der Waals surface area contributed by atoms with Gasteiger partial charge in [-0.2, -0.15) is 0 Å². The van der Waals surface area contributed by atoms with Crippen LogP contribution in [0.5, 0.6) is 0 Å². The Bertz CT molecular complexity index is 1830. The Morgan fingerprint density at radius 2 is 0.588 bits per heavy atom. The van der Waals surface area contributed by atoms with Crippen molar-refractivity contribution in [2.24, 2.45) is 0 Å². The van der Waals surface area contributed by atoms with Crippen LogP contribution in [0, 0.1) is 0 Å². The fourth-order valence-corrected chi connectivity index (χ4v) is 12.6. The normalized spacial score (nSPS) is 13.0. The molecule has 0 aliphatic carbocycles. The third kappa shape index (κ3) is 79.9. The quantitative estimate of drug-likeness (QED) is 0.0211. The van der Waals surface area contributed by atoms with Gasteiger partial charge in [-0.15, -0.1) is 0 Å². The van der Waals surface area contributed by atoms with Gasteiger partial charge in [0.1, 0.15) is 13.2 Å². The molecule has 0 fully saturated rings. The number of carboxylic acid groups (broad SMARTS) is 1. The summed E-state index contributed by atoms with van der Waals surface area (Å²) in [6.45, 7) is 4.82. The average molecular weight is 1360 g/mol. The van der Waals surface area contributed by atoms with Gasteiger partial charge in [0.25, 0.3) is 6.29 Å². The number of ether oxygens (including phenoxy) is 4. The van der Waals surface area contributed by atoms with E-state index < -0.39 is 18.4 Å². The molecule has 0 aromatic carbocycles. The summed E-state index contributed by atoms with van der Waals surface area (Å²) in [4.78, 5) is 37.8. The van der Waals surface area contributed by atoms with Gasteiger partial charge in [0, 0.05) is 12.8 Å². The van der Waals surface area contributed by atoms with E-state index in [4.69, 9.17) is 18.9 Å². The Balaban J connectivity index is 3.94. The van der Waals surface area contributed by atoms with Crippen LogP contribution >= 0.6 is 0 Å². The van der Waals surface area contributed by atoms with Crippen molar-refractivity contribution >= 4 is 17.9 Å². The predicted molar refractivity (Wildman–Crippen MR) is 420 cm³/mol. The zero-order chi connectivity index (χ0) is 70.4. The Morgan fingerprint density at radius 3 is 0.876 bits per heavy atom. The number of quaternary nitrogens is 1. The molecular weight excluding hydrogens is 1200 g/mol. The van der Waals surface area contributed by atoms with E-state index in [-0.39, 0.29) is 38.2 Å². The van der Waals surface area contributed by atoms with E-state index in [1.165, 1.54) is 315 Å². The first kappa shape index (κ1) is 93.7. The summed E-state index contributed by atoms with van der Waals surface area (Å²) in [6, 6.07) is 0. The predicted octanol–water partition coefficient (Wildman–Crippen LogP) is 27.2. The lowest BCUT2D eigenvalue weighted by Gasteiger charge is -2.25. The second kappa shape index (κ2) is 78.4. The van der Waals surface area contributed by atoms with Gasteiger partial charge in [0.2, 0.25) is 0 Å². The molecular formula is C88H162NO8+. The molecule has 0 saturated heterocycles. The average Bonchev–Trinajstić information content (AvgIpc) is 3.11. The van der Waals surface area contributed by atoms with Crippen LogP contribution in [0.4, 0.5) is 0 Å². The lowest BCUT2D eigenvalue weighted by Crippen LogP contribution is -2.40. The third-order valence-corrected chi connectivity index (χ3v) is 18.9. The molecule has 0 amide bonds. The summed E-state index contributed by atoms with van der Waals surface area (Å²) in [5, 5.41) is 9.78. The van der Waals surface area contributed by atoms with E-state index in [1.807, 2.05) is 21.1 Å². The number of aliphatic carboxylic acids is 1. The summed E-state index contributed by atoms with van der Waals surface area (Å²) >= 11 is 0. The van der Waals surface area contributed by atoms with Crippen molar-refractivity contribution in [1.29, 1.82) is 0 Å². The van der Waals surface area contributed by atoms with Crippen LogP contribution in [0.15, 0.2) is 72.9 Å². The highest BCUT2D eigenvalue weighted by molar-refractivity contribution is 5.71. The van der Waals surface area contributed by atoms with Crippen LogP contribution in [0.1, 0.15) is 412 Å². The number of esters is 2. The van der Waals surface area contributed by atoms with Gasteiger partial charge in [-0.25, -0.2) is 4.79 Å². The number of unbranched alkanes of at least 4 members (excludes halogenated alkanes) is 52. The molecule has 2 unspecified atom stereocenters. The van der Waals surface area contributed by atoms with E-state index in [9.17, 15) is 19.5 Å². The maximum absolute atomic E-state index is 13.0. The van der Waals surface area contributed by atoms with Crippen LogP contribution < -0.4 is 0 Å². The van der Waals surface area contributed by atoms with Gasteiger partial charge < -0.3 is 28.5 Å². The largest absolute Gasteiger partial charge is 0.477 e. The summed E-state index contributed by atoms with van der Waals surface area (Å²) in [5.74, 6) is -1.97. The number of allylic oxidation sites excluding steroid dienone is 12. The SMILES string of the molecule is CC/C=C\C/C=C\C/C=C\C/C=C\CCCCCCCCCCCCCCCCCCCCCCCCCCC(=O)OC(COC(=O)CCCCCCCCCCCCCCCCCCCCCCCCC/C=C\C/C=C\CCCCCCC)COC(OCC[N+](C)(C)C)C(=O)O. The van der Waals surface area contributed by atoms with E-state index in [2.05, 4.69) is 86.8 Å². The molecule has 0 spiro atoms. The number of hydrogen-bond donors (Lipinski definition) is 1. The maximum atomic E-state index is 13.0. The lowest BCUT2D eigenvalue weighted by molar-refractivity contribution is -0.870. The zero-order valence-electron chi connectivity index (χ0n) is 65.0. The lowest BCUT2D eigenvalue weighted by atomic mass is 10.0. The van der Waals surface area contributed by atoms with Crippen molar-refractivity contribution in [2.75, 3.05) is 47.5 Å². The number of rotatable bonds is 79. The highest BCUT2D eigenvalue weighted by Crippen LogP contribution is 2.20. The second-order valence-corrected chi connectivity index (χ2v) is 29.8. The van der Waals surface area contributed by atoms with Gasteiger partial charge in [0.15, 0.2) is 6.10 Å². The first-order valence-electron chi connectivity index (χ1n) is 42.1. The number of carboxylic acids is 1. The molecule has 0 aromatic rings. The van der Waals surface area contributed by atoms with Gasteiger partial charge in [-0.3, -0.25) is 9.59 Å². The van der Waals surface area contributed by atoms with Gasteiger partial charge in [-0.1, -0.05) is 389 Å². The van der Waals surface area contributed by atoms with Crippen LogP contribution in [0.3, 0.4) is 0 Å². The Kier molecular flexibility index (Phi) is 75.8. The summed E-state index contributed by atoms with van der Waals surface area (Å²) < 4.78 is 23.1. The minimum atomic E-state index is -1.51. The van der Waals surface area contributed by atoms with E-state index in [1.54, 1.807) is 0 Å². The van der Waals surface area contributed by atoms with Gasteiger partial charge in [0.05, 0.1) is 34.4 Å². The molecule has 0 aromatic heterocycles. The van der Waals surface area contributed by atoms with Crippen LogP contribution in [-0.4, -0.2) is 87.4 Å². The van der Waals surface area contributed by atoms with Gasteiger partial charge in [-0.05, 0) is 83.5 Å². The monoisotopic (exact) mass is 1360 g/mol. The molecule has 0 rings (SSSR count). The first-order valence-corrected chi connectivity index (χ1v) is 42.1. The molecule has 0 aliphatic heterocycles. The standard InChI is InChI=1S/C88H161NO8/c1-6-8-10-12-14-16-18-20-22-24-26-28-30-32-34-36-38-40-42-43-45-47-49-51-53-55-57-59-61-63-65-67-69-71-73-75-77-79-86(91)97-84(83-96-88(87(92)93)94-81-80-89(3,4)5)82-95-85(90)78-76-74-72-70-68-66-64-62-60-58-56-54-52-50-48-46-44-41-39-37-35-33-31-29-27-25-23-21-19-17-15-13-11-9-7-2/h8,10,14,16,19-22,25-28,84,88H,6-7,9,11-13,15,17-18,23-24,29-83H2,1-5H3/p+1/b10-8-,16-14-,21-19-,22-20-,27-25-,28-26-. The highest BCUT2D eigenvalue weighted by Gasteiger charge is 2.25. The van der Waals surface area contributed by atoms with Gasteiger partial charge >= 0.3 is 17.9 Å². The summed E-state index contributed by atoms with van der Waals surface area (Å²) in [5.41, 5.74) is 0. The van der Waals surface area contributed by atoms with Crippen LogP contribution in [0.25, 0.3) is 0 Å². The van der Waals surface area contributed by atoms with Crippen molar-refractivity contribution in [1.82, 2.24) is 0 Å². The topological polar surface area (TPSA) is 108 Å². The third-order valence-electron chi connectivity index (χ3n) is 18.9. The summed E-state index contributed by atoms with van der Waals surface area (Å²) in [6.07, 6.45) is 104. The molecule has 0 aliphatic rings. The molecule has 9 heteroatoms. The molecule has 2 atom stereocenters. The van der Waals surface area contributed by atoms with Crippen molar-refractivity contribution < 1.29 is 42.9 Å². The molecule has 0 heterocycles. The van der Waals surface area contributed by atoms with Crippen molar-refractivity contribution in [3.8, 4) is 0 Å². The molecule has 97 heavy (non-hydrogen) atoms. The Labute approximate surface area is 602 Å². The number of hydrogen-bond acceptors (Lipinski definition) is 7. The molecule has 1 N–H and O–H groups in total. The van der Waals surface area contributed by atoms with E-state index in [0.29, 0.717) is 17.4 Å². The summed E-state index contributed by atoms with van der Waals surface area (Å²) in [7, 11) is 6.00. The second-order valence-electron chi connectivity index (χ2n) is 29.8. The van der Waals surface area contributed by atoms with E-state index >= 15 is 0 Å². The zero-order valence-corrected chi connectivity index (χ0v) is 65.0. The molecule has 0 radical (unpaired) electrons. The first-order chi connectivity index (χ1) is 47.6. The number of likely N-dealkylation sites (N-methyl/N-ethyl adjacent to an activating group) is 1. The molecule has 9 nitrogen and oxygen atoms in total. The van der Waals surface area contributed by atoms with Crippen molar-refractivity contribution in [3.63, 3.8) is 0 Å². The smallest absolute Gasteiger partial charge is 0.361 e. The Morgan fingerprint density at radius 1 is 0.320 bits per heavy atom.